The molecule has 128 valence electrons. The molecule has 2 aromatic rings. The van der Waals surface area contributed by atoms with E-state index in [1.165, 1.54) is 0 Å². The minimum Gasteiger partial charge on any atom is -0.444 e. The first-order chi connectivity index (χ1) is 11.2. The number of aromatic amines is 1. The van der Waals surface area contributed by atoms with Crippen molar-refractivity contribution in [2.45, 2.75) is 39.8 Å². The Morgan fingerprint density at radius 2 is 2.00 bits per heavy atom. The number of nitrogens with one attached hydrogen (secondary N) is 3. The third-order valence-corrected chi connectivity index (χ3v) is 2.96. The normalized spacial score (nSPS) is 11.0. The zero-order chi connectivity index (χ0) is 17.7. The molecule has 0 saturated carbocycles. The molecule has 3 N–H and O–H groups in total. The summed E-state index contributed by atoms with van der Waals surface area (Å²) in [6, 6.07) is 8.88. The standard InChI is InChI=1S/C17H22N4O3/c1-11-8-14(21-20-11)15(22)19-13-7-5-6-12(9-13)10-18-16(23)24-17(2,3)4/h5-9H,10H2,1-4H3,(H,18,23)(H,19,22)(H,20,21). The number of carbonyl (C=O) groups excluding carboxylic acids is 2. The van der Waals surface area contributed by atoms with Gasteiger partial charge in [-0.15, -0.1) is 0 Å². The van der Waals surface area contributed by atoms with Crippen LogP contribution in [-0.4, -0.2) is 27.8 Å². The minimum absolute atomic E-state index is 0.295. The number of benzene rings is 1. The van der Waals surface area contributed by atoms with Crippen molar-refractivity contribution in [3.05, 3.63) is 47.3 Å². The van der Waals surface area contributed by atoms with E-state index in [0.717, 1.165) is 11.3 Å². The number of H-pyrrole nitrogens is 1. The van der Waals surface area contributed by atoms with Crippen molar-refractivity contribution in [2.24, 2.45) is 0 Å². The summed E-state index contributed by atoms with van der Waals surface area (Å²) in [5, 5.41) is 12.1. The fourth-order valence-corrected chi connectivity index (χ4v) is 1.98. The van der Waals surface area contributed by atoms with E-state index in [0.29, 0.717) is 17.9 Å². The largest absolute Gasteiger partial charge is 0.444 e. The lowest BCUT2D eigenvalue weighted by Gasteiger charge is -2.19. The summed E-state index contributed by atoms with van der Waals surface area (Å²) in [7, 11) is 0. The predicted molar refractivity (Wildman–Crippen MR) is 90.8 cm³/mol. The fraction of sp³-hybridized carbons (Fsp3) is 0.353. The molecule has 24 heavy (non-hydrogen) atoms. The second-order valence-corrected chi connectivity index (χ2v) is 6.45. The highest BCUT2D eigenvalue weighted by atomic mass is 16.6. The maximum atomic E-state index is 12.1. The molecule has 0 atom stereocenters. The lowest BCUT2D eigenvalue weighted by atomic mass is 10.2. The van der Waals surface area contributed by atoms with Crippen molar-refractivity contribution in [1.82, 2.24) is 15.5 Å². The molecule has 0 spiro atoms. The van der Waals surface area contributed by atoms with Crippen molar-refractivity contribution in [1.29, 1.82) is 0 Å². The molecule has 7 nitrogen and oxygen atoms in total. The summed E-state index contributed by atoms with van der Waals surface area (Å²) in [5.74, 6) is -0.295. The zero-order valence-corrected chi connectivity index (χ0v) is 14.3. The molecule has 0 bridgehead atoms. The van der Waals surface area contributed by atoms with E-state index in [1.807, 2.05) is 13.0 Å². The Labute approximate surface area is 140 Å². The number of amides is 2. The maximum absolute atomic E-state index is 12.1. The molecule has 0 fully saturated rings. The van der Waals surface area contributed by atoms with Gasteiger partial charge in [-0.3, -0.25) is 9.89 Å². The first kappa shape index (κ1) is 17.5. The van der Waals surface area contributed by atoms with Crippen molar-refractivity contribution >= 4 is 17.7 Å². The third kappa shape index (κ3) is 5.42. The SMILES string of the molecule is Cc1cc(C(=O)Nc2cccc(CNC(=O)OC(C)(C)C)c2)n[nH]1. The van der Waals surface area contributed by atoms with Gasteiger partial charge in [-0.1, -0.05) is 12.1 Å². The van der Waals surface area contributed by atoms with Crippen LogP contribution in [0.25, 0.3) is 0 Å². The van der Waals surface area contributed by atoms with Gasteiger partial charge in [0.2, 0.25) is 0 Å². The molecule has 0 radical (unpaired) electrons. The van der Waals surface area contributed by atoms with Gasteiger partial charge in [-0.25, -0.2) is 4.79 Å². The Bertz CT molecular complexity index is 731. The number of aromatic nitrogens is 2. The number of alkyl carbamates (subject to hydrolysis) is 1. The number of nitrogens with zero attached hydrogens (tertiary/aromatic N) is 1. The highest BCUT2D eigenvalue weighted by Gasteiger charge is 2.15. The third-order valence-electron chi connectivity index (χ3n) is 2.96. The van der Waals surface area contributed by atoms with Gasteiger partial charge in [-0.05, 0) is 51.5 Å². The molecule has 1 heterocycles. The van der Waals surface area contributed by atoms with Crippen LogP contribution in [0.3, 0.4) is 0 Å². The number of rotatable bonds is 4. The van der Waals surface area contributed by atoms with E-state index in [2.05, 4.69) is 20.8 Å². The zero-order valence-electron chi connectivity index (χ0n) is 14.3. The van der Waals surface area contributed by atoms with Gasteiger partial charge in [0.25, 0.3) is 5.91 Å². The van der Waals surface area contributed by atoms with Crippen molar-refractivity contribution in [3.8, 4) is 0 Å². The first-order valence-electron chi connectivity index (χ1n) is 7.62. The van der Waals surface area contributed by atoms with Crippen LogP contribution in [0.4, 0.5) is 10.5 Å². The monoisotopic (exact) mass is 330 g/mol. The Morgan fingerprint density at radius 3 is 2.62 bits per heavy atom. The van der Waals surface area contributed by atoms with Crippen LogP contribution >= 0.6 is 0 Å². The first-order valence-corrected chi connectivity index (χ1v) is 7.62. The van der Waals surface area contributed by atoms with Crippen molar-refractivity contribution in [3.63, 3.8) is 0 Å². The quantitative estimate of drug-likeness (QED) is 0.803. The van der Waals surface area contributed by atoms with E-state index in [-0.39, 0.29) is 5.91 Å². The van der Waals surface area contributed by atoms with E-state index >= 15 is 0 Å². The van der Waals surface area contributed by atoms with E-state index in [9.17, 15) is 9.59 Å². The Balaban J connectivity index is 1.94. The Kier molecular flexibility index (Phi) is 5.23. The summed E-state index contributed by atoms with van der Waals surface area (Å²) in [6.07, 6.45) is -0.482. The number of ether oxygens (including phenoxy) is 1. The van der Waals surface area contributed by atoms with Gasteiger partial charge < -0.3 is 15.4 Å². The number of hydrogen-bond acceptors (Lipinski definition) is 4. The van der Waals surface area contributed by atoms with Crippen LogP contribution < -0.4 is 10.6 Å². The van der Waals surface area contributed by atoms with Crippen molar-refractivity contribution < 1.29 is 14.3 Å². The number of carbonyl (C=O) groups is 2. The van der Waals surface area contributed by atoms with Crippen LogP contribution in [0.1, 0.15) is 42.5 Å². The van der Waals surface area contributed by atoms with Gasteiger partial charge in [-0.2, -0.15) is 5.10 Å². The number of hydrogen-bond donors (Lipinski definition) is 3. The highest BCUT2D eigenvalue weighted by molar-refractivity contribution is 6.02. The van der Waals surface area contributed by atoms with E-state index in [4.69, 9.17) is 4.74 Å². The van der Waals surface area contributed by atoms with Gasteiger partial charge >= 0.3 is 6.09 Å². The molecular weight excluding hydrogens is 308 g/mol. The van der Waals surface area contributed by atoms with Gasteiger partial charge in [0.1, 0.15) is 5.60 Å². The average Bonchev–Trinajstić information content (AvgIpc) is 2.90. The van der Waals surface area contributed by atoms with Crippen LogP contribution in [0.2, 0.25) is 0 Å². The molecule has 1 aromatic carbocycles. The molecule has 7 heteroatoms. The minimum atomic E-state index is -0.540. The van der Waals surface area contributed by atoms with Crippen LogP contribution in [-0.2, 0) is 11.3 Å². The fourth-order valence-electron chi connectivity index (χ4n) is 1.98. The van der Waals surface area contributed by atoms with Gasteiger partial charge in [0, 0.05) is 17.9 Å². The second-order valence-electron chi connectivity index (χ2n) is 6.45. The Morgan fingerprint density at radius 1 is 1.25 bits per heavy atom. The summed E-state index contributed by atoms with van der Waals surface area (Å²) < 4.78 is 5.18. The molecule has 0 unspecified atom stereocenters. The van der Waals surface area contributed by atoms with Crippen molar-refractivity contribution in [2.75, 3.05) is 5.32 Å². The summed E-state index contributed by atoms with van der Waals surface area (Å²) in [6.45, 7) is 7.55. The molecule has 2 rings (SSSR count). The number of aryl methyl sites for hydroxylation is 1. The second kappa shape index (κ2) is 7.16. The van der Waals surface area contributed by atoms with E-state index < -0.39 is 11.7 Å². The summed E-state index contributed by atoms with van der Waals surface area (Å²) >= 11 is 0. The molecule has 0 aliphatic carbocycles. The van der Waals surface area contributed by atoms with Crippen LogP contribution in [0.15, 0.2) is 30.3 Å². The van der Waals surface area contributed by atoms with E-state index in [1.54, 1.807) is 45.0 Å². The molecular formula is C17H22N4O3. The average molecular weight is 330 g/mol. The topological polar surface area (TPSA) is 96.1 Å². The lowest BCUT2D eigenvalue weighted by Crippen LogP contribution is -2.32. The molecule has 0 aliphatic heterocycles. The van der Waals surface area contributed by atoms with Gasteiger partial charge in [0.15, 0.2) is 5.69 Å². The molecule has 0 saturated heterocycles. The smallest absolute Gasteiger partial charge is 0.407 e. The summed E-state index contributed by atoms with van der Waals surface area (Å²) in [5.41, 5.74) is 2.07. The number of anilines is 1. The lowest BCUT2D eigenvalue weighted by molar-refractivity contribution is 0.0523. The molecule has 0 aliphatic rings. The molecule has 2 amide bonds. The van der Waals surface area contributed by atoms with Crippen LogP contribution in [0, 0.1) is 6.92 Å². The van der Waals surface area contributed by atoms with Gasteiger partial charge in [0.05, 0.1) is 0 Å². The van der Waals surface area contributed by atoms with Crippen LogP contribution in [0.5, 0.6) is 0 Å². The molecule has 1 aromatic heterocycles. The predicted octanol–water partition coefficient (Wildman–Crippen LogP) is 3.00. The highest BCUT2D eigenvalue weighted by Crippen LogP contribution is 2.13. The maximum Gasteiger partial charge on any atom is 0.407 e. The Hall–Kier alpha value is -2.83. The summed E-state index contributed by atoms with van der Waals surface area (Å²) in [4.78, 5) is 23.7.